The molecule has 3 aromatic rings. The van der Waals surface area contributed by atoms with Crippen molar-refractivity contribution >= 4 is 16.8 Å². The largest absolute Gasteiger partial charge is 0.416 e. The number of hydrogen-bond acceptors (Lipinski definition) is 1. The van der Waals surface area contributed by atoms with Gasteiger partial charge in [-0.1, -0.05) is 18.2 Å². The molecule has 0 bridgehead atoms. The Morgan fingerprint density at radius 3 is 2.18 bits per heavy atom. The number of nitrogens with one attached hydrogen (secondary N) is 1. The molecule has 3 nitrogen and oxygen atoms in total. The Labute approximate surface area is 123 Å². The highest BCUT2D eigenvalue weighted by Gasteiger charge is 2.29. The van der Waals surface area contributed by atoms with Crippen LogP contribution >= 0.6 is 0 Å². The molecule has 0 saturated heterocycles. The van der Waals surface area contributed by atoms with E-state index in [0.717, 1.165) is 28.6 Å². The van der Waals surface area contributed by atoms with E-state index in [1.54, 1.807) is 24.3 Å². The summed E-state index contributed by atoms with van der Waals surface area (Å²) >= 11 is 0. The van der Waals surface area contributed by atoms with Crippen molar-refractivity contribution in [1.29, 1.82) is 0 Å². The van der Waals surface area contributed by atoms with Crippen LogP contribution in [0.4, 0.5) is 13.2 Å². The summed E-state index contributed by atoms with van der Waals surface area (Å²) in [4.78, 5) is 14.0. The van der Waals surface area contributed by atoms with Gasteiger partial charge in [-0.05, 0) is 41.5 Å². The summed E-state index contributed by atoms with van der Waals surface area (Å²) in [5.41, 5.74) is 6.98. The molecule has 0 unspecified atom stereocenters. The average Bonchev–Trinajstić information content (AvgIpc) is 2.89. The molecular formula is C16H11F3N2O. The number of aromatic nitrogens is 1. The topological polar surface area (TPSA) is 58.9 Å². The van der Waals surface area contributed by atoms with Crippen molar-refractivity contribution in [2.45, 2.75) is 6.18 Å². The fourth-order valence-electron chi connectivity index (χ4n) is 2.30. The number of amides is 1. The summed E-state index contributed by atoms with van der Waals surface area (Å²) in [7, 11) is 0. The lowest BCUT2D eigenvalue weighted by atomic mass is 10.0. The first-order valence-corrected chi connectivity index (χ1v) is 6.45. The number of hydrogen-bond donors (Lipinski definition) is 2. The highest BCUT2D eigenvalue weighted by molar-refractivity contribution is 5.98. The van der Waals surface area contributed by atoms with Gasteiger partial charge in [0.1, 0.15) is 5.69 Å². The van der Waals surface area contributed by atoms with Crippen LogP contribution < -0.4 is 5.73 Å². The molecule has 6 heteroatoms. The van der Waals surface area contributed by atoms with Gasteiger partial charge >= 0.3 is 6.18 Å². The Balaban J connectivity index is 2.01. The number of nitrogens with two attached hydrogens (primary N) is 1. The molecular weight excluding hydrogens is 293 g/mol. The van der Waals surface area contributed by atoms with Gasteiger partial charge in [-0.3, -0.25) is 4.79 Å². The number of fused-ring (bicyclic) bond motifs is 1. The van der Waals surface area contributed by atoms with Gasteiger partial charge in [0.2, 0.25) is 0 Å². The number of H-pyrrole nitrogens is 1. The minimum atomic E-state index is -4.35. The molecule has 0 aliphatic rings. The van der Waals surface area contributed by atoms with E-state index >= 15 is 0 Å². The average molecular weight is 304 g/mol. The molecule has 0 spiro atoms. The van der Waals surface area contributed by atoms with E-state index in [9.17, 15) is 18.0 Å². The third-order valence-electron chi connectivity index (χ3n) is 3.43. The lowest BCUT2D eigenvalue weighted by molar-refractivity contribution is -0.137. The van der Waals surface area contributed by atoms with Crippen LogP contribution in [0.2, 0.25) is 0 Å². The zero-order valence-corrected chi connectivity index (χ0v) is 11.2. The Morgan fingerprint density at radius 2 is 1.59 bits per heavy atom. The number of halogens is 3. The monoisotopic (exact) mass is 304 g/mol. The van der Waals surface area contributed by atoms with Crippen LogP contribution in [0.15, 0.2) is 48.5 Å². The molecule has 0 radical (unpaired) electrons. The smallest absolute Gasteiger partial charge is 0.364 e. The van der Waals surface area contributed by atoms with Gasteiger partial charge in [0, 0.05) is 10.9 Å². The highest BCUT2D eigenvalue weighted by atomic mass is 19.4. The Morgan fingerprint density at radius 1 is 0.955 bits per heavy atom. The van der Waals surface area contributed by atoms with E-state index in [1.165, 1.54) is 12.1 Å². The van der Waals surface area contributed by atoms with E-state index in [4.69, 9.17) is 5.73 Å². The summed E-state index contributed by atoms with van der Waals surface area (Å²) in [5.74, 6) is -0.563. The summed E-state index contributed by atoms with van der Waals surface area (Å²) in [6.45, 7) is 0. The zero-order chi connectivity index (χ0) is 15.9. The van der Waals surface area contributed by atoms with Crippen molar-refractivity contribution in [2.24, 2.45) is 5.73 Å². The first-order valence-electron chi connectivity index (χ1n) is 6.45. The van der Waals surface area contributed by atoms with Crippen molar-refractivity contribution in [3.05, 3.63) is 59.8 Å². The molecule has 3 rings (SSSR count). The zero-order valence-electron chi connectivity index (χ0n) is 11.2. The van der Waals surface area contributed by atoms with Gasteiger partial charge in [0.05, 0.1) is 5.56 Å². The number of primary amides is 1. The summed E-state index contributed by atoms with van der Waals surface area (Å²) in [6.07, 6.45) is -4.35. The number of benzene rings is 2. The first kappa shape index (κ1) is 14.2. The van der Waals surface area contributed by atoms with E-state index in [0.29, 0.717) is 11.3 Å². The number of aromatic amines is 1. The van der Waals surface area contributed by atoms with Crippen LogP contribution in [0.1, 0.15) is 16.1 Å². The maximum absolute atomic E-state index is 12.6. The van der Waals surface area contributed by atoms with Gasteiger partial charge in [0.15, 0.2) is 0 Å². The van der Waals surface area contributed by atoms with Crippen LogP contribution in [-0.4, -0.2) is 10.9 Å². The van der Waals surface area contributed by atoms with Crippen molar-refractivity contribution < 1.29 is 18.0 Å². The molecule has 0 atom stereocenters. The summed E-state index contributed by atoms with van der Waals surface area (Å²) < 4.78 is 37.7. The second-order valence-electron chi connectivity index (χ2n) is 4.92. The molecule has 2 aromatic carbocycles. The molecule has 0 aliphatic heterocycles. The molecule has 3 N–H and O–H groups in total. The van der Waals surface area contributed by atoms with E-state index in [-0.39, 0.29) is 0 Å². The fourth-order valence-corrected chi connectivity index (χ4v) is 2.30. The Kier molecular flexibility index (Phi) is 3.16. The molecule has 0 fully saturated rings. The van der Waals surface area contributed by atoms with E-state index < -0.39 is 17.6 Å². The van der Waals surface area contributed by atoms with Crippen molar-refractivity contribution in [2.75, 3.05) is 0 Å². The minimum absolute atomic E-state index is 0.291. The molecule has 0 saturated carbocycles. The van der Waals surface area contributed by atoms with E-state index in [1.807, 2.05) is 0 Å². The van der Waals surface area contributed by atoms with Gasteiger partial charge in [-0.15, -0.1) is 0 Å². The number of rotatable bonds is 2. The van der Waals surface area contributed by atoms with Gasteiger partial charge in [0.25, 0.3) is 5.91 Å². The van der Waals surface area contributed by atoms with Crippen LogP contribution in [0.3, 0.4) is 0 Å². The number of carbonyl (C=O) groups is 1. The third-order valence-corrected chi connectivity index (χ3v) is 3.43. The number of alkyl halides is 3. The molecule has 112 valence electrons. The predicted octanol–water partition coefficient (Wildman–Crippen LogP) is 3.95. The second kappa shape index (κ2) is 4.91. The molecule has 22 heavy (non-hydrogen) atoms. The lowest BCUT2D eigenvalue weighted by Gasteiger charge is -2.08. The van der Waals surface area contributed by atoms with Crippen LogP contribution in [0.5, 0.6) is 0 Å². The normalized spacial score (nSPS) is 11.8. The predicted molar refractivity (Wildman–Crippen MR) is 77.3 cm³/mol. The van der Waals surface area contributed by atoms with Crippen molar-refractivity contribution in [1.82, 2.24) is 4.98 Å². The molecule has 1 heterocycles. The SMILES string of the molecule is NC(=O)c1cc2cc(-c3ccc(C(F)(F)F)cc3)ccc2[nH]1. The molecule has 0 aliphatic carbocycles. The number of carbonyl (C=O) groups excluding carboxylic acids is 1. The fraction of sp³-hybridized carbons (Fsp3) is 0.0625. The van der Waals surface area contributed by atoms with Crippen LogP contribution in [0, 0.1) is 0 Å². The highest BCUT2D eigenvalue weighted by Crippen LogP contribution is 2.31. The standard InChI is InChI=1S/C16H11F3N2O/c17-16(18,19)12-4-1-9(2-5-12)10-3-6-13-11(7-10)8-14(21-13)15(20)22/h1-8,21H,(H2,20,22). The van der Waals surface area contributed by atoms with Gasteiger partial charge < -0.3 is 10.7 Å². The van der Waals surface area contributed by atoms with Gasteiger partial charge in [-0.25, -0.2) is 0 Å². The maximum Gasteiger partial charge on any atom is 0.416 e. The molecule has 1 amide bonds. The summed E-state index contributed by atoms with van der Waals surface area (Å²) in [6, 6.07) is 11.9. The third kappa shape index (κ3) is 2.55. The lowest BCUT2D eigenvalue weighted by Crippen LogP contribution is -2.10. The van der Waals surface area contributed by atoms with Crippen molar-refractivity contribution in [3.8, 4) is 11.1 Å². The maximum atomic E-state index is 12.6. The summed E-state index contributed by atoms with van der Waals surface area (Å²) in [5, 5.41) is 0.770. The Hall–Kier alpha value is -2.76. The minimum Gasteiger partial charge on any atom is -0.364 e. The Bertz CT molecular complexity index is 848. The first-order chi connectivity index (χ1) is 10.3. The molecule has 1 aromatic heterocycles. The van der Waals surface area contributed by atoms with E-state index in [2.05, 4.69) is 4.98 Å². The van der Waals surface area contributed by atoms with Crippen LogP contribution in [-0.2, 0) is 6.18 Å². The van der Waals surface area contributed by atoms with Crippen molar-refractivity contribution in [3.63, 3.8) is 0 Å². The van der Waals surface area contributed by atoms with Gasteiger partial charge in [-0.2, -0.15) is 13.2 Å². The quantitative estimate of drug-likeness (QED) is 0.740. The van der Waals surface area contributed by atoms with Crippen LogP contribution in [0.25, 0.3) is 22.0 Å². The second-order valence-corrected chi connectivity index (χ2v) is 4.92.